The van der Waals surface area contributed by atoms with Crippen molar-refractivity contribution in [1.29, 1.82) is 0 Å². The van der Waals surface area contributed by atoms with Gasteiger partial charge in [-0.1, -0.05) is 12.1 Å². The van der Waals surface area contributed by atoms with Crippen LogP contribution in [0.25, 0.3) is 0 Å². The van der Waals surface area contributed by atoms with Crippen molar-refractivity contribution in [3.05, 3.63) is 35.4 Å². The molecule has 1 aromatic rings. The summed E-state index contributed by atoms with van der Waals surface area (Å²) in [6.07, 6.45) is 1.30. The number of esters is 1. The fourth-order valence-corrected chi connectivity index (χ4v) is 3.14. The molecule has 7 heteroatoms. The van der Waals surface area contributed by atoms with Crippen molar-refractivity contribution < 1.29 is 23.1 Å². The van der Waals surface area contributed by atoms with E-state index in [1.54, 1.807) is 12.1 Å². The lowest BCUT2D eigenvalue weighted by molar-refractivity contribution is 0.0600. The third-order valence-electron chi connectivity index (χ3n) is 3.41. The van der Waals surface area contributed by atoms with Crippen molar-refractivity contribution >= 4 is 16.0 Å². The molecule has 0 aromatic heterocycles. The summed E-state index contributed by atoms with van der Waals surface area (Å²) in [6.45, 7) is 0.0489. The Kier molecular flexibility index (Phi) is 4.97. The number of aliphatic hydroxyl groups is 1. The highest BCUT2D eigenvalue weighted by Crippen LogP contribution is 2.32. The van der Waals surface area contributed by atoms with E-state index in [0.717, 1.165) is 12.8 Å². The number of aliphatic hydroxyl groups excluding tert-OH is 1. The van der Waals surface area contributed by atoms with Gasteiger partial charge in [0.05, 0.1) is 24.5 Å². The second-order valence-corrected chi connectivity index (χ2v) is 7.01. The molecule has 6 nitrogen and oxygen atoms in total. The van der Waals surface area contributed by atoms with Gasteiger partial charge >= 0.3 is 5.97 Å². The van der Waals surface area contributed by atoms with Gasteiger partial charge in [0.1, 0.15) is 0 Å². The van der Waals surface area contributed by atoms with E-state index >= 15 is 0 Å². The predicted molar refractivity (Wildman–Crippen MR) is 77.1 cm³/mol. The largest absolute Gasteiger partial charge is 0.465 e. The Hall–Kier alpha value is -1.44. The SMILES string of the molecule is COC(=O)c1ccc(CS(=O)(=O)NCC(O)C2CC2)cc1. The van der Waals surface area contributed by atoms with E-state index in [9.17, 15) is 18.3 Å². The van der Waals surface area contributed by atoms with Gasteiger partial charge in [0.2, 0.25) is 10.0 Å². The third kappa shape index (κ3) is 4.80. The molecule has 21 heavy (non-hydrogen) atoms. The predicted octanol–water partition coefficient (Wildman–Crippen LogP) is 0.663. The molecule has 0 bridgehead atoms. The Morgan fingerprint density at radius 1 is 1.38 bits per heavy atom. The zero-order valence-electron chi connectivity index (χ0n) is 11.8. The summed E-state index contributed by atoms with van der Waals surface area (Å²) in [5, 5.41) is 9.66. The molecular formula is C14H19NO5S. The van der Waals surface area contributed by atoms with E-state index in [0.29, 0.717) is 11.1 Å². The van der Waals surface area contributed by atoms with Crippen molar-refractivity contribution in [2.45, 2.75) is 24.7 Å². The highest BCUT2D eigenvalue weighted by molar-refractivity contribution is 7.88. The fourth-order valence-electron chi connectivity index (χ4n) is 1.99. The molecule has 0 amide bonds. The molecule has 2 N–H and O–H groups in total. The molecule has 1 saturated carbocycles. The summed E-state index contributed by atoms with van der Waals surface area (Å²) >= 11 is 0. The van der Waals surface area contributed by atoms with Gasteiger partial charge in [0, 0.05) is 6.54 Å². The number of sulfonamides is 1. The van der Waals surface area contributed by atoms with Gasteiger partial charge in [-0.05, 0) is 36.5 Å². The Morgan fingerprint density at radius 3 is 2.52 bits per heavy atom. The number of ether oxygens (including phenoxy) is 1. The number of hydrogen-bond acceptors (Lipinski definition) is 5. The molecule has 1 aromatic carbocycles. The second-order valence-electron chi connectivity index (χ2n) is 5.20. The van der Waals surface area contributed by atoms with E-state index in [1.165, 1.54) is 19.2 Å². The van der Waals surface area contributed by atoms with E-state index < -0.39 is 22.1 Å². The quantitative estimate of drug-likeness (QED) is 0.722. The number of hydrogen-bond donors (Lipinski definition) is 2. The van der Waals surface area contributed by atoms with Crippen LogP contribution in [-0.2, 0) is 20.5 Å². The van der Waals surface area contributed by atoms with E-state index in [1.807, 2.05) is 0 Å². The fraction of sp³-hybridized carbons (Fsp3) is 0.500. The van der Waals surface area contributed by atoms with E-state index in [2.05, 4.69) is 9.46 Å². The van der Waals surface area contributed by atoms with Crippen molar-refractivity contribution in [2.75, 3.05) is 13.7 Å². The lowest BCUT2D eigenvalue weighted by atomic mass is 10.1. The maximum absolute atomic E-state index is 11.9. The second kappa shape index (κ2) is 6.55. The third-order valence-corrected chi connectivity index (χ3v) is 4.73. The first-order valence-corrected chi connectivity index (χ1v) is 8.39. The van der Waals surface area contributed by atoms with Crippen LogP contribution < -0.4 is 4.72 Å². The number of rotatable bonds is 7. The Morgan fingerprint density at radius 2 is 2.00 bits per heavy atom. The van der Waals surface area contributed by atoms with Crippen LogP contribution in [0.5, 0.6) is 0 Å². The first-order valence-electron chi connectivity index (χ1n) is 6.74. The Labute approximate surface area is 124 Å². The molecule has 0 saturated heterocycles. The summed E-state index contributed by atoms with van der Waals surface area (Å²) < 4.78 is 30.8. The van der Waals surface area contributed by atoms with Gasteiger partial charge < -0.3 is 9.84 Å². The summed E-state index contributed by atoms with van der Waals surface area (Å²) in [4.78, 5) is 11.3. The average molecular weight is 313 g/mol. The van der Waals surface area contributed by atoms with Gasteiger partial charge in [0.15, 0.2) is 0 Å². The minimum absolute atomic E-state index is 0.0489. The first-order chi connectivity index (χ1) is 9.91. The number of carbonyl (C=O) groups is 1. The van der Waals surface area contributed by atoms with E-state index in [-0.39, 0.29) is 18.2 Å². The highest BCUT2D eigenvalue weighted by atomic mass is 32.2. The summed E-state index contributed by atoms with van der Waals surface area (Å²) in [6, 6.07) is 6.19. The van der Waals surface area contributed by atoms with Gasteiger partial charge in [-0.15, -0.1) is 0 Å². The van der Waals surface area contributed by atoms with Crippen LogP contribution in [-0.4, -0.2) is 39.3 Å². The molecule has 1 atom stereocenters. The first kappa shape index (κ1) is 15.9. The standard InChI is InChI=1S/C14H19NO5S/c1-20-14(17)12-4-2-10(3-5-12)9-21(18,19)15-8-13(16)11-6-7-11/h2-5,11,13,15-16H,6-9H2,1H3. The van der Waals surface area contributed by atoms with Gasteiger partial charge in [-0.2, -0.15) is 0 Å². The van der Waals surface area contributed by atoms with Crippen molar-refractivity contribution in [3.8, 4) is 0 Å². The van der Waals surface area contributed by atoms with E-state index in [4.69, 9.17) is 0 Å². The monoisotopic (exact) mass is 313 g/mol. The van der Waals surface area contributed by atoms with Crippen molar-refractivity contribution in [3.63, 3.8) is 0 Å². The molecule has 0 heterocycles. The van der Waals surface area contributed by atoms with Crippen molar-refractivity contribution in [2.24, 2.45) is 5.92 Å². The molecular weight excluding hydrogens is 294 g/mol. The minimum Gasteiger partial charge on any atom is -0.465 e. The summed E-state index contributed by atoms with van der Waals surface area (Å²) in [5.41, 5.74) is 0.937. The molecule has 0 spiro atoms. The molecule has 116 valence electrons. The molecule has 2 rings (SSSR count). The average Bonchev–Trinajstić information content (AvgIpc) is 3.29. The number of nitrogens with one attached hydrogen (secondary N) is 1. The zero-order chi connectivity index (χ0) is 15.5. The van der Waals surface area contributed by atoms with Crippen LogP contribution in [0.15, 0.2) is 24.3 Å². The Bertz CT molecular complexity index is 592. The number of carbonyl (C=O) groups excluding carboxylic acids is 1. The lowest BCUT2D eigenvalue weighted by Crippen LogP contribution is -2.33. The molecule has 1 aliphatic rings. The normalized spacial score (nSPS) is 16.5. The van der Waals surface area contributed by atoms with Crippen LogP contribution in [0.3, 0.4) is 0 Å². The Balaban J connectivity index is 1.91. The van der Waals surface area contributed by atoms with Crippen LogP contribution in [0.1, 0.15) is 28.8 Å². The maximum Gasteiger partial charge on any atom is 0.337 e. The van der Waals surface area contributed by atoms with Gasteiger partial charge in [0.25, 0.3) is 0 Å². The topological polar surface area (TPSA) is 92.7 Å². The maximum atomic E-state index is 11.9. The smallest absolute Gasteiger partial charge is 0.337 e. The zero-order valence-corrected chi connectivity index (χ0v) is 12.6. The number of methoxy groups -OCH3 is 1. The van der Waals surface area contributed by atoms with Crippen LogP contribution in [0, 0.1) is 5.92 Å². The molecule has 1 aliphatic carbocycles. The van der Waals surface area contributed by atoms with Crippen LogP contribution in [0.4, 0.5) is 0 Å². The minimum atomic E-state index is -3.50. The van der Waals surface area contributed by atoms with Crippen LogP contribution in [0.2, 0.25) is 0 Å². The number of benzene rings is 1. The van der Waals surface area contributed by atoms with Crippen molar-refractivity contribution in [1.82, 2.24) is 4.72 Å². The van der Waals surface area contributed by atoms with Gasteiger partial charge in [-0.3, -0.25) is 0 Å². The molecule has 0 radical (unpaired) electrons. The summed E-state index contributed by atoms with van der Waals surface area (Å²) in [7, 11) is -2.21. The highest BCUT2D eigenvalue weighted by Gasteiger charge is 2.30. The summed E-state index contributed by atoms with van der Waals surface area (Å²) in [5.74, 6) is -0.423. The van der Waals surface area contributed by atoms with Crippen LogP contribution >= 0.6 is 0 Å². The molecule has 1 fully saturated rings. The molecule has 1 unspecified atom stereocenters. The lowest BCUT2D eigenvalue weighted by Gasteiger charge is -2.11. The van der Waals surface area contributed by atoms with Gasteiger partial charge in [-0.25, -0.2) is 17.9 Å². The molecule has 0 aliphatic heterocycles.